The maximum absolute atomic E-state index is 11.4. The van der Waals surface area contributed by atoms with Crippen molar-refractivity contribution in [2.24, 2.45) is 0 Å². The highest BCUT2D eigenvalue weighted by Gasteiger charge is 2.08. The number of rotatable bonds is 6. The molecular weight excluding hydrogens is 358 g/mol. The van der Waals surface area contributed by atoms with Crippen LogP contribution in [0.5, 0.6) is 17.2 Å². The van der Waals surface area contributed by atoms with Crippen LogP contribution in [-0.2, 0) is 10.0 Å². The summed E-state index contributed by atoms with van der Waals surface area (Å²) >= 11 is 2.91. The largest absolute Gasteiger partial charge is 0.493 e. The van der Waals surface area contributed by atoms with Gasteiger partial charge in [0.15, 0.2) is 11.5 Å². The molecule has 2 aromatic carbocycles. The predicted octanol–water partition coefficient (Wildman–Crippen LogP) is 3.58. The average Bonchev–Trinajstić information content (AvgIpc) is 2.49. The Morgan fingerprint density at radius 3 is 2.24 bits per heavy atom. The van der Waals surface area contributed by atoms with Crippen molar-refractivity contribution in [2.45, 2.75) is 0 Å². The minimum absolute atomic E-state index is 0.153. The minimum atomic E-state index is -3.35. The number of hydrogen-bond acceptors (Lipinski definition) is 4. The molecule has 0 fully saturated rings. The summed E-state index contributed by atoms with van der Waals surface area (Å²) in [5, 5.41) is 0. The summed E-state index contributed by atoms with van der Waals surface area (Å²) in [5.41, 5.74) is 0.474. The van der Waals surface area contributed by atoms with Crippen LogP contribution in [0.1, 0.15) is 0 Å². The van der Waals surface area contributed by atoms with Gasteiger partial charge in [-0.3, -0.25) is 4.72 Å². The first-order valence-corrected chi connectivity index (χ1v) is 8.79. The van der Waals surface area contributed by atoms with Crippen LogP contribution in [-0.4, -0.2) is 20.2 Å². The zero-order chi connectivity index (χ0) is 15.3. The molecule has 21 heavy (non-hydrogen) atoms. The summed E-state index contributed by atoms with van der Waals surface area (Å²) in [4.78, 5) is 0. The van der Waals surface area contributed by atoms with Gasteiger partial charge in [0.05, 0.1) is 7.11 Å². The molecule has 0 atom stereocenters. The second kappa shape index (κ2) is 6.82. The highest BCUT2D eigenvalue weighted by Crippen LogP contribution is 2.31. The molecule has 0 radical (unpaired) electrons. The Bertz CT molecular complexity index is 701. The first kappa shape index (κ1) is 15.7. The molecule has 0 saturated heterocycles. The Morgan fingerprint density at radius 1 is 1.05 bits per heavy atom. The number of ether oxygens (including phenoxy) is 2. The molecule has 2 rings (SSSR count). The molecule has 0 aliphatic carbocycles. The Kier molecular flexibility index (Phi) is 5.08. The zero-order valence-electron chi connectivity index (χ0n) is 11.2. The van der Waals surface area contributed by atoms with Crippen LogP contribution in [0, 0.1) is 0 Å². The molecule has 0 unspecified atom stereocenters. The van der Waals surface area contributed by atoms with Gasteiger partial charge < -0.3 is 9.47 Å². The Balaban J connectivity index is 2.13. The van der Waals surface area contributed by atoms with Crippen molar-refractivity contribution in [1.82, 2.24) is 0 Å². The summed E-state index contributed by atoms with van der Waals surface area (Å²) in [6.07, 6.45) is 0. The summed E-state index contributed by atoms with van der Waals surface area (Å²) in [7, 11) is -1.78. The van der Waals surface area contributed by atoms with Crippen LogP contribution in [0.2, 0.25) is 0 Å². The van der Waals surface area contributed by atoms with E-state index in [4.69, 9.17) is 9.47 Å². The normalized spacial score (nSPS) is 11.0. The van der Waals surface area contributed by atoms with E-state index < -0.39 is 10.0 Å². The number of methoxy groups -OCH3 is 1. The van der Waals surface area contributed by atoms with Crippen LogP contribution in [0.25, 0.3) is 0 Å². The third-order valence-corrected chi connectivity index (χ3v) is 5.21. The van der Waals surface area contributed by atoms with Crippen LogP contribution in [0.15, 0.2) is 48.5 Å². The van der Waals surface area contributed by atoms with Crippen LogP contribution < -0.4 is 14.2 Å². The third kappa shape index (κ3) is 4.37. The first-order chi connectivity index (χ1) is 10.0. The molecule has 112 valence electrons. The summed E-state index contributed by atoms with van der Waals surface area (Å²) in [6, 6.07) is 13.9. The molecule has 0 bridgehead atoms. The van der Waals surface area contributed by atoms with E-state index in [1.54, 1.807) is 43.5 Å². The number of alkyl halides is 1. The van der Waals surface area contributed by atoms with E-state index in [0.29, 0.717) is 22.9 Å². The number of sulfonamides is 1. The SMILES string of the molecule is COc1ccccc1Oc1ccc(NS(=O)(=O)CBr)cc1. The Morgan fingerprint density at radius 2 is 1.67 bits per heavy atom. The van der Waals surface area contributed by atoms with E-state index in [2.05, 4.69) is 20.7 Å². The van der Waals surface area contributed by atoms with Crippen molar-refractivity contribution >= 4 is 31.6 Å². The van der Waals surface area contributed by atoms with E-state index in [0.717, 1.165) is 0 Å². The lowest BCUT2D eigenvalue weighted by Gasteiger charge is -2.10. The van der Waals surface area contributed by atoms with E-state index in [-0.39, 0.29) is 4.66 Å². The Hall–Kier alpha value is -1.73. The lowest BCUT2D eigenvalue weighted by Crippen LogP contribution is -2.12. The lowest BCUT2D eigenvalue weighted by atomic mass is 10.3. The van der Waals surface area contributed by atoms with Crippen molar-refractivity contribution in [3.05, 3.63) is 48.5 Å². The fourth-order valence-electron chi connectivity index (χ4n) is 1.63. The van der Waals surface area contributed by atoms with Gasteiger partial charge in [0.1, 0.15) is 10.4 Å². The quantitative estimate of drug-likeness (QED) is 0.788. The molecule has 0 spiro atoms. The van der Waals surface area contributed by atoms with Crippen LogP contribution in [0.3, 0.4) is 0 Å². The summed E-state index contributed by atoms with van der Waals surface area (Å²) in [6.45, 7) is 0. The predicted molar refractivity (Wildman–Crippen MR) is 85.8 cm³/mol. The second-order valence-corrected chi connectivity index (χ2v) is 7.13. The van der Waals surface area contributed by atoms with Gasteiger partial charge in [-0.15, -0.1) is 0 Å². The highest BCUT2D eigenvalue weighted by molar-refractivity contribution is 9.10. The fraction of sp³-hybridized carbons (Fsp3) is 0.143. The highest BCUT2D eigenvalue weighted by atomic mass is 79.9. The molecule has 0 amide bonds. The lowest BCUT2D eigenvalue weighted by molar-refractivity contribution is 0.379. The zero-order valence-corrected chi connectivity index (χ0v) is 13.6. The fourth-order valence-corrected chi connectivity index (χ4v) is 2.52. The standard InChI is InChI=1S/C14H14BrNO4S/c1-19-13-4-2-3-5-14(13)20-12-8-6-11(7-9-12)16-21(17,18)10-15/h2-9,16H,10H2,1H3. The van der Waals surface area contributed by atoms with Crippen molar-refractivity contribution in [3.8, 4) is 17.2 Å². The topological polar surface area (TPSA) is 64.6 Å². The summed E-state index contributed by atoms with van der Waals surface area (Å²) < 4.78 is 36.0. The summed E-state index contributed by atoms with van der Waals surface area (Å²) in [5.74, 6) is 1.80. The molecule has 5 nitrogen and oxygen atoms in total. The van der Waals surface area contributed by atoms with Gasteiger partial charge in [-0.2, -0.15) is 0 Å². The van der Waals surface area contributed by atoms with Gasteiger partial charge in [-0.05, 0) is 36.4 Å². The molecule has 0 aliphatic heterocycles. The molecule has 0 saturated carbocycles. The molecule has 0 aliphatic rings. The van der Waals surface area contributed by atoms with Crippen LogP contribution >= 0.6 is 15.9 Å². The number of nitrogens with one attached hydrogen (secondary N) is 1. The van der Waals surface area contributed by atoms with E-state index >= 15 is 0 Å². The average molecular weight is 372 g/mol. The number of anilines is 1. The van der Waals surface area contributed by atoms with Gasteiger partial charge in [0.25, 0.3) is 0 Å². The molecular formula is C14H14BrNO4S. The van der Waals surface area contributed by atoms with Gasteiger partial charge >= 0.3 is 0 Å². The Labute approximate surface area is 132 Å². The first-order valence-electron chi connectivity index (χ1n) is 6.01. The molecule has 0 aromatic heterocycles. The maximum Gasteiger partial charge on any atom is 0.242 e. The molecule has 7 heteroatoms. The van der Waals surface area contributed by atoms with E-state index in [1.165, 1.54) is 0 Å². The van der Waals surface area contributed by atoms with Crippen molar-refractivity contribution in [3.63, 3.8) is 0 Å². The van der Waals surface area contributed by atoms with Gasteiger partial charge in [-0.1, -0.05) is 28.1 Å². The monoisotopic (exact) mass is 371 g/mol. The van der Waals surface area contributed by atoms with Gasteiger partial charge in [0, 0.05) is 5.69 Å². The molecule has 1 N–H and O–H groups in total. The number of halogens is 1. The number of para-hydroxylation sites is 2. The van der Waals surface area contributed by atoms with E-state index in [1.807, 2.05) is 12.1 Å². The van der Waals surface area contributed by atoms with Crippen LogP contribution in [0.4, 0.5) is 5.69 Å². The maximum atomic E-state index is 11.4. The smallest absolute Gasteiger partial charge is 0.242 e. The van der Waals surface area contributed by atoms with Crippen molar-refractivity contribution in [1.29, 1.82) is 0 Å². The number of hydrogen-bond donors (Lipinski definition) is 1. The van der Waals surface area contributed by atoms with Crippen molar-refractivity contribution in [2.75, 3.05) is 16.5 Å². The second-order valence-electron chi connectivity index (χ2n) is 4.10. The molecule has 0 heterocycles. The van der Waals surface area contributed by atoms with Crippen molar-refractivity contribution < 1.29 is 17.9 Å². The van der Waals surface area contributed by atoms with Gasteiger partial charge in [-0.25, -0.2) is 8.42 Å². The van der Waals surface area contributed by atoms with Gasteiger partial charge in [0.2, 0.25) is 10.0 Å². The molecule has 2 aromatic rings. The number of benzene rings is 2. The van der Waals surface area contributed by atoms with E-state index in [9.17, 15) is 8.42 Å². The third-order valence-electron chi connectivity index (χ3n) is 2.57. The minimum Gasteiger partial charge on any atom is -0.493 e.